The van der Waals surface area contributed by atoms with Crippen molar-refractivity contribution < 1.29 is 14.6 Å². The normalized spacial score (nSPS) is 12.1. The molecule has 0 fully saturated rings. The van der Waals surface area contributed by atoms with Crippen LogP contribution in [0.3, 0.4) is 0 Å². The molecule has 100 valence electrons. The summed E-state index contributed by atoms with van der Waals surface area (Å²) < 4.78 is 5.07. The van der Waals surface area contributed by atoms with E-state index in [1.807, 2.05) is 0 Å². The van der Waals surface area contributed by atoms with Gasteiger partial charge >= 0.3 is 0 Å². The second-order valence-corrected chi connectivity index (χ2v) is 5.37. The molecule has 4 nitrogen and oxygen atoms in total. The van der Waals surface area contributed by atoms with Crippen molar-refractivity contribution in [2.75, 3.05) is 7.11 Å². The molecule has 0 saturated heterocycles. The predicted octanol–water partition coefficient (Wildman–Crippen LogP) is 1.97. The van der Waals surface area contributed by atoms with Crippen LogP contribution in [0.5, 0.6) is 5.75 Å². The van der Waals surface area contributed by atoms with Crippen LogP contribution in [0.1, 0.15) is 38.1 Å². The Morgan fingerprint density at radius 1 is 1.28 bits per heavy atom. The lowest BCUT2D eigenvalue weighted by atomic mass is 9.86. The van der Waals surface area contributed by atoms with Gasteiger partial charge in [-0.15, -0.1) is 0 Å². The SMILES string of the molecule is COc1cccc(C(=O)NC(C)(C)C(C)(C)O)c1. The summed E-state index contributed by atoms with van der Waals surface area (Å²) >= 11 is 0. The fraction of sp³-hybridized carbons (Fsp3) is 0.500. The van der Waals surface area contributed by atoms with E-state index in [4.69, 9.17) is 4.74 Å². The summed E-state index contributed by atoms with van der Waals surface area (Å²) in [7, 11) is 1.55. The summed E-state index contributed by atoms with van der Waals surface area (Å²) in [5, 5.41) is 12.8. The molecule has 0 unspecified atom stereocenters. The van der Waals surface area contributed by atoms with Crippen molar-refractivity contribution in [1.29, 1.82) is 0 Å². The summed E-state index contributed by atoms with van der Waals surface area (Å²) in [5.41, 5.74) is -1.24. The van der Waals surface area contributed by atoms with Gasteiger partial charge in [-0.05, 0) is 45.9 Å². The molecule has 0 spiro atoms. The van der Waals surface area contributed by atoms with Crippen LogP contribution >= 0.6 is 0 Å². The monoisotopic (exact) mass is 251 g/mol. The number of carbonyl (C=O) groups excluding carboxylic acids is 1. The zero-order valence-electron chi connectivity index (χ0n) is 11.6. The lowest BCUT2D eigenvalue weighted by Crippen LogP contribution is -2.57. The van der Waals surface area contributed by atoms with Crippen molar-refractivity contribution in [3.8, 4) is 5.75 Å². The Hall–Kier alpha value is -1.55. The maximum absolute atomic E-state index is 12.1. The van der Waals surface area contributed by atoms with Gasteiger partial charge in [-0.1, -0.05) is 6.07 Å². The molecule has 0 atom stereocenters. The number of hydrogen-bond acceptors (Lipinski definition) is 3. The molecule has 1 aromatic carbocycles. The second kappa shape index (κ2) is 4.98. The Morgan fingerprint density at radius 3 is 2.39 bits per heavy atom. The third kappa shape index (κ3) is 3.23. The number of aliphatic hydroxyl groups is 1. The Balaban J connectivity index is 2.89. The van der Waals surface area contributed by atoms with Crippen LogP contribution < -0.4 is 10.1 Å². The third-order valence-electron chi connectivity index (χ3n) is 3.29. The molecule has 1 rings (SSSR count). The fourth-order valence-corrected chi connectivity index (χ4v) is 1.27. The van der Waals surface area contributed by atoms with E-state index in [-0.39, 0.29) is 5.91 Å². The van der Waals surface area contributed by atoms with Gasteiger partial charge in [0, 0.05) is 5.56 Å². The van der Waals surface area contributed by atoms with Crippen molar-refractivity contribution in [3.05, 3.63) is 29.8 Å². The van der Waals surface area contributed by atoms with Gasteiger partial charge in [0.1, 0.15) is 5.75 Å². The van der Waals surface area contributed by atoms with Gasteiger partial charge in [-0.2, -0.15) is 0 Å². The van der Waals surface area contributed by atoms with Crippen LogP contribution in [0, 0.1) is 0 Å². The number of amides is 1. The maximum Gasteiger partial charge on any atom is 0.251 e. The number of rotatable bonds is 4. The first-order chi connectivity index (χ1) is 8.17. The second-order valence-electron chi connectivity index (χ2n) is 5.37. The average Bonchev–Trinajstić information content (AvgIpc) is 2.27. The molecule has 0 aliphatic carbocycles. The van der Waals surface area contributed by atoms with Crippen molar-refractivity contribution in [3.63, 3.8) is 0 Å². The highest BCUT2D eigenvalue weighted by Gasteiger charge is 2.36. The molecule has 0 aromatic heterocycles. The van der Waals surface area contributed by atoms with Gasteiger partial charge in [0.05, 0.1) is 18.2 Å². The van der Waals surface area contributed by atoms with E-state index in [0.717, 1.165) is 0 Å². The van der Waals surface area contributed by atoms with Crippen LogP contribution in [0.25, 0.3) is 0 Å². The largest absolute Gasteiger partial charge is 0.497 e. The van der Waals surface area contributed by atoms with Gasteiger partial charge in [-0.3, -0.25) is 4.79 Å². The number of ether oxygens (including phenoxy) is 1. The van der Waals surface area contributed by atoms with Crippen molar-refractivity contribution in [2.24, 2.45) is 0 Å². The maximum atomic E-state index is 12.1. The zero-order chi connectivity index (χ0) is 14.0. The van der Waals surface area contributed by atoms with Crippen molar-refractivity contribution >= 4 is 5.91 Å². The van der Waals surface area contributed by atoms with Crippen LogP contribution in [0.15, 0.2) is 24.3 Å². The van der Waals surface area contributed by atoms with Gasteiger partial charge in [-0.25, -0.2) is 0 Å². The van der Waals surface area contributed by atoms with Crippen molar-refractivity contribution in [2.45, 2.75) is 38.8 Å². The number of benzene rings is 1. The molecule has 0 saturated carbocycles. The van der Waals surface area contributed by atoms with Crippen LogP contribution in [-0.2, 0) is 0 Å². The Morgan fingerprint density at radius 2 is 1.89 bits per heavy atom. The average molecular weight is 251 g/mol. The topological polar surface area (TPSA) is 58.6 Å². The van der Waals surface area contributed by atoms with Gasteiger partial charge in [0.2, 0.25) is 0 Å². The van der Waals surface area contributed by atoms with Gasteiger partial charge < -0.3 is 15.2 Å². The minimum atomic E-state index is -1.01. The van der Waals surface area contributed by atoms with E-state index in [1.165, 1.54) is 0 Å². The molecule has 0 aliphatic heterocycles. The summed E-state index contributed by atoms with van der Waals surface area (Å²) in [5.74, 6) is 0.393. The van der Waals surface area contributed by atoms with Crippen LogP contribution in [0.4, 0.5) is 0 Å². The highest BCUT2D eigenvalue weighted by Crippen LogP contribution is 2.21. The molecule has 0 bridgehead atoms. The van der Waals surface area contributed by atoms with Crippen molar-refractivity contribution in [1.82, 2.24) is 5.32 Å². The summed E-state index contributed by atoms with van der Waals surface area (Å²) in [6.45, 7) is 6.90. The van der Waals surface area contributed by atoms with Crippen LogP contribution in [0.2, 0.25) is 0 Å². The van der Waals surface area contributed by atoms with E-state index in [9.17, 15) is 9.90 Å². The first-order valence-electron chi connectivity index (χ1n) is 5.86. The highest BCUT2D eigenvalue weighted by atomic mass is 16.5. The quantitative estimate of drug-likeness (QED) is 0.860. The molecule has 2 N–H and O–H groups in total. The molecular formula is C14H21NO3. The molecule has 1 aromatic rings. The molecule has 0 heterocycles. The van der Waals surface area contributed by atoms with E-state index in [1.54, 1.807) is 59.1 Å². The Bertz CT molecular complexity index is 433. The van der Waals surface area contributed by atoms with Crippen LogP contribution in [-0.4, -0.2) is 29.3 Å². The number of carbonyl (C=O) groups is 1. The first-order valence-corrected chi connectivity index (χ1v) is 5.86. The molecule has 4 heteroatoms. The summed E-state index contributed by atoms with van der Waals surface area (Å²) in [6, 6.07) is 6.90. The summed E-state index contributed by atoms with van der Waals surface area (Å²) in [6.07, 6.45) is 0. The van der Waals surface area contributed by atoms with E-state index in [2.05, 4.69) is 5.32 Å². The predicted molar refractivity (Wildman–Crippen MR) is 70.8 cm³/mol. The number of hydrogen-bond donors (Lipinski definition) is 2. The number of methoxy groups -OCH3 is 1. The van der Waals surface area contributed by atoms with E-state index < -0.39 is 11.1 Å². The highest BCUT2D eigenvalue weighted by molar-refractivity contribution is 5.95. The lowest BCUT2D eigenvalue weighted by molar-refractivity contribution is -0.00293. The Labute approximate surface area is 108 Å². The minimum Gasteiger partial charge on any atom is -0.497 e. The molecule has 0 radical (unpaired) electrons. The van der Waals surface area contributed by atoms with E-state index >= 15 is 0 Å². The summed E-state index contributed by atoms with van der Waals surface area (Å²) in [4.78, 5) is 12.1. The molecular weight excluding hydrogens is 230 g/mol. The standard InChI is InChI=1S/C14H21NO3/c1-13(2,14(3,4)17)15-12(16)10-7-6-8-11(9-10)18-5/h6-9,17H,1-5H3,(H,15,16). The third-order valence-corrected chi connectivity index (χ3v) is 3.29. The molecule has 1 amide bonds. The smallest absolute Gasteiger partial charge is 0.251 e. The molecule has 18 heavy (non-hydrogen) atoms. The Kier molecular flexibility index (Phi) is 4.02. The number of nitrogens with one attached hydrogen (secondary N) is 1. The molecule has 0 aliphatic rings. The lowest BCUT2D eigenvalue weighted by Gasteiger charge is -2.38. The van der Waals surface area contributed by atoms with Gasteiger partial charge in [0.25, 0.3) is 5.91 Å². The van der Waals surface area contributed by atoms with Gasteiger partial charge in [0.15, 0.2) is 0 Å². The fourth-order valence-electron chi connectivity index (χ4n) is 1.27. The zero-order valence-corrected chi connectivity index (χ0v) is 11.6. The minimum absolute atomic E-state index is 0.235. The first kappa shape index (κ1) is 14.5. The van der Waals surface area contributed by atoms with E-state index in [0.29, 0.717) is 11.3 Å².